The van der Waals surface area contributed by atoms with E-state index in [2.05, 4.69) is 4.98 Å². The minimum absolute atomic E-state index is 0.265. The molecule has 0 fully saturated rings. The SMILES string of the molecule is Cc1cc(-n2ccc3nc(COc4ccccc4)cn3c2=O)ccc1F. The Labute approximate surface area is 148 Å². The number of imidazole rings is 1. The van der Waals surface area contributed by atoms with E-state index in [1.807, 2.05) is 30.3 Å². The van der Waals surface area contributed by atoms with Gasteiger partial charge in [-0.25, -0.2) is 14.2 Å². The molecule has 0 N–H and O–H groups in total. The van der Waals surface area contributed by atoms with Gasteiger partial charge in [0.05, 0.1) is 11.4 Å². The van der Waals surface area contributed by atoms with Gasteiger partial charge in [0.2, 0.25) is 0 Å². The van der Waals surface area contributed by atoms with Gasteiger partial charge in [0.1, 0.15) is 23.8 Å². The van der Waals surface area contributed by atoms with Gasteiger partial charge in [-0.3, -0.25) is 8.97 Å². The molecule has 6 heteroatoms. The minimum atomic E-state index is -0.300. The first kappa shape index (κ1) is 16.1. The highest BCUT2D eigenvalue weighted by molar-refractivity contribution is 5.42. The first-order chi connectivity index (χ1) is 12.6. The van der Waals surface area contributed by atoms with Crippen molar-refractivity contribution in [1.29, 1.82) is 0 Å². The molecular formula is C20H16FN3O2. The van der Waals surface area contributed by atoms with Crippen LogP contribution in [0.4, 0.5) is 4.39 Å². The molecule has 0 bridgehead atoms. The van der Waals surface area contributed by atoms with Crippen molar-refractivity contribution >= 4 is 5.65 Å². The van der Waals surface area contributed by atoms with Crippen LogP contribution in [-0.4, -0.2) is 14.0 Å². The molecule has 0 saturated heterocycles. The number of aryl methyl sites for hydroxylation is 1. The summed E-state index contributed by atoms with van der Waals surface area (Å²) in [6.07, 6.45) is 3.30. The Hall–Kier alpha value is -3.41. The van der Waals surface area contributed by atoms with Crippen LogP contribution in [0, 0.1) is 12.7 Å². The van der Waals surface area contributed by atoms with E-state index in [1.165, 1.54) is 15.0 Å². The molecular weight excluding hydrogens is 333 g/mol. The molecule has 0 unspecified atom stereocenters. The van der Waals surface area contributed by atoms with Crippen molar-refractivity contribution in [2.75, 3.05) is 0 Å². The van der Waals surface area contributed by atoms with Crippen molar-refractivity contribution in [3.63, 3.8) is 0 Å². The second kappa shape index (κ2) is 6.48. The van der Waals surface area contributed by atoms with Crippen molar-refractivity contribution in [1.82, 2.24) is 14.0 Å². The van der Waals surface area contributed by atoms with Gasteiger partial charge in [0, 0.05) is 12.4 Å². The van der Waals surface area contributed by atoms with Gasteiger partial charge >= 0.3 is 5.69 Å². The molecule has 0 aliphatic rings. The number of fused-ring (bicyclic) bond motifs is 1. The molecule has 0 radical (unpaired) electrons. The number of rotatable bonds is 4. The van der Waals surface area contributed by atoms with E-state index >= 15 is 0 Å². The van der Waals surface area contributed by atoms with Crippen molar-refractivity contribution in [3.05, 3.63) is 94.5 Å². The van der Waals surface area contributed by atoms with Crippen LogP contribution in [0.1, 0.15) is 11.3 Å². The third-order valence-electron chi connectivity index (χ3n) is 4.12. The first-order valence-electron chi connectivity index (χ1n) is 8.16. The molecule has 130 valence electrons. The van der Waals surface area contributed by atoms with Gasteiger partial charge in [-0.15, -0.1) is 0 Å². The lowest BCUT2D eigenvalue weighted by atomic mass is 10.2. The fourth-order valence-corrected chi connectivity index (χ4v) is 2.76. The predicted molar refractivity (Wildman–Crippen MR) is 96.3 cm³/mol. The van der Waals surface area contributed by atoms with Crippen LogP contribution in [0.25, 0.3) is 11.3 Å². The topological polar surface area (TPSA) is 48.5 Å². The van der Waals surface area contributed by atoms with Crippen LogP contribution in [-0.2, 0) is 6.61 Å². The summed E-state index contributed by atoms with van der Waals surface area (Å²) in [4.78, 5) is 17.2. The second-order valence-electron chi connectivity index (χ2n) is 5.96. The van der Waals surface area contributed by atoms with Crippen molar-refractivity contribution in [3.8, 4) is 11.4 Å². The van der Waals surface area contributed by atoms with Gasteiger partial charge < -0.3 is 4.74 Å². The minimum Gasteiger partial charge on any atom is -0.487 e. The van der Waals surface area contributed by atoms with Gasteiger partial charge in [-0.1, -0.05) is 18.2 Å². The van der Waals surface area contributed by atoms with Gasteiger partial charge in [0.15, 0.2) is 0 Å². The average molecular weight is 349 g/mol. The highest BCUT2D eigenvalue weighted by atomic mass is 19.1. The number of hydrogen-bond donors (Lipinski definition) is 0. The number of benzene rings is 2. The van der Waals surface area contributed by atoms with Crippen molar-refractivity contribution < 1.29 is 9.13 Å². The molecule has 0 atom stereocenters. The van der Waals surface area contributed by atoms with Crippen LogP contribution in [0.5, 0.6) is 5.75 Å². The third kappa shape index (κ3) is 2.97. The summed E-state index contributed by atoms with van der Waals surface area (Å²) in [5, 5.41) is 0. The molecule has 26 heavy (non-hydrogen) atoms. The number of nitrogens with zero attached hydrogens (tertiary/aromatic N) is 3. The largest absolute Gasteiger partial charge is 0.487 e. The molecule has 2 aromatic heterocycles. The van der Waals surface area contributed by atoms with Gasteiger partial charge in [-0.2, -0.15) is 0 Å². The van der Waals surface area contributed by atoms with Crippen LogP contribution in [0.3, 0.4) is 0 Å². The van der Waals surface area contributed by atoms with Crippen LogP contribution >= 0.6 is 0 Å². The lowest BCUT2D eigenvalue weighted by Gasteiger charge is -2.07. The summed E-state index contributed by atoms with van der Waals surface area (Å²) >= 11 is 0. The molecule has 0 amide bonds. The highest BCUT2D eigenvalue weighted by Gasteiger charge is 2.09. The maximum absolute atomic E-state index is 13.5. The van der Waals surface area contributed by atoms with E-state index < -0.39 is 0 Å². The van der Waals surface area contributed by atoms with Gasteiger partial charge in [0.25, 0.3) is 0 Å². The molecule has 5 nitrogen and oxygen atoms in total. The molecule has 4 aromatic rings. The Bertz CT molecular complexity index is 1130. The monoisotopic (exact) mass is 349 g/mol. The molecule has 2 aromatic carbocycles. The quantitative estimate of drug-likeness (QED) is 0.566. The molecule has 0 saturated carbocycles. The Morgan fingerprint density at radius 1 is 1.12 bits per heavy atom. The summed E-state index contributed by atoms with van der Waals surface area (Å²) in [5.41, 5.74) is 2.01. The van der Waals surface area contributed by atoms with E-state index in [1.54, 1.807) is 37.5 Å². The van der Waals surface area contributed by atoms with E-state index in [-0.39, 0.29) is 18.1 Å². The summed E-state index contributed by atoms with van der Waals surface area (Å²) in [6, 6.07) is 15.7. The molecule has 4 rings (SSSR count). The zero-order valence-corrected chi connectivity index (χ0v) is 14.1. The van der Waals surface area contributed by atoms with Gasteiger partial charge in [-0.05, 0) is 48.9 Å². The second-order valence-corrected chi connectivity index (χ2v) is 5.96. The fraction of sp³-hybridized carbons (Fsp3) is 0.100. The van der Waals surface area contributed by atoms with E-state index in [4.69, 9.17) is 4.74 Å². The summed E-state index contributed by atoms with van der Waals surface area (Å²) < 4.78 is 22.1. The average Bonchev–Trinajstić information content (AvgIpc) is 3.08. The van der Waals surface area contributed by atoms with E-state index in [9.17, 15) is 9.18 Å². The Morgan fingerprint density at radius 2 is 1.92 bits per heavy atom. The normalized spacial score (nSPS) is 11.0. The molecule has 0 aliphatic heterocycles. The fourth-order valence-electron chi connectivity index (χ4n) is 2.76. The number of aromatic nitrogens is 3. The zero-order chi connectivity index (χ0) is 18.1. The Balaban J connectivity index is 1.67. The molecule has 0 aliphatic carbocycles. The highest BCUT2D eigenvalue weighted by Crippen LogP contribution is 2.14. The number of ether oxygens (including phenoxy) is 1. The Morgan fingerprint density at radius 3 is 2.69 bits per heavy atom. The summed E-state index contributed by atoms with van der Waals surface area (Å²) in [5.74, 6) is 0.439. The molecule has 0 spiro atoms. The lowest BCUT2D eigenvalue weighted by Crippen LogP contribution is -2.24. The van der Waals surface area contributed by atoms with Crippen LogP contribution in [0.2, 0.25) is 0 Å². The third-order valence-corrected chi connectivity index (χ3v) is 4.12. The predicted octanol–water partition coefficient (Wildman–Crippen LogP) is 3.51. The van der Waals surface area contributed by atoms with E-state index in [0.717, 1.165) is 5.75 Å². The van der Waals surface area contributed by atoms with Crippen LogP contribution in [0.15, 0.2) is 71.8 Å². The molecule has 2 heterocycles. The van der Waals surface area contributed by atoms with Crippen LogP contribution < -0.4 is 10.4 Å². The standard InChI is InChI=1S/C20H16FN3O2/c1-14-11-16(7-8-18(14)21)23-10-9-19-22-15(12-24(19)20(23)25)13-26-17-5-3-2-4-6-17/h2-12H,13H2,1H3. The maximum atomic E-state index is 13.5. The lowest BCUT2D eigenvalue weighted by molar-refractivity contribution is 0.302. The summed E-state index contributed by atoms with van der Waals surface area (Å²) in [7, 11) is 0. The van der Waals surface area contributed by atoms with Crippen molar-refractivity contribution in [2.24, 2.45) is 0 Å². The first-order valence-corrected chi connectivity index (χ1v) is 8.16. The van der Waals surface area contributed by atoms with E-state index in [0.29, 0.717) is 22.6 Å². The van der Waals surface area contributed by atoms with Crippen molar-refractivity contribution in [2.45, 2.75) is 13.5 Å². The number of para-hydroxylation sites is 1. The summed E-state index contributed by atoms with van der Waals surface area (Å²) in [6.45, 7) is 1.93. The zero-order valence-electron chi connectivity index (χ0n) is 14.1. The Kier molecular flexibility index (Phi) is 4.01. The maximum Gasteiger partial charge on any atom is 0.338 e. The smallest absolute Gasteiger partial charge is 0.338 e. The number of halogens is 1. The number of hydrogen-bond acceptors (Lipinski definition) is 3.